The second-order valence-electron chi connectivity index (χ2n) is 7.68. The van der Waals surface area contributed by atoms with Crippen molar-refractivity contribution < 1.29 is 4.74 Å². The smallest absolute Gasteiger partial charge is 0.191 e. The number of ether oxygens (including phenoxy) is 1. The van der Waals surface area contributed by atoms with Gasteiger partial charge in [0.15, 0.2) is 5.96 Å². The number of guanidine groups is 1. The maximum absolute atomic E-state index is 5.31. The Hall–Kier alpha value is -1.61. The average Bonchev–Trinajstić information content (AvgIpc) is 3.11. The topological polar surface area (TPSA) is 63.5 Å². The third-order valence-corrected chi connectivity index (χ3v) is 5.59. The van der Waals surface area contributed by atoms with Gasteiger partial charge in [-0.05, 0) is 56.2 Å². The van der Waals surface area contributed by atoms with E-state index in [1.54, 1.807) is 7.11 Å². The summed E-state index contributed by atoms with van der Waals surface area (Å²) in [7, 11) is 1.78. The molecule has 0 bridgehead atoms. The summed E-state index contributed by atoms with van der Waals surface area (Å²) in [6.45, 7) is 7.33. The Bertz CT molecular complexity index is 785. The van der Waals surface area contributed by atoms with Gasteiger partial charge in [0.25, 0.3) is 0 Å². The third-order valence-electron chi connectivity index (χ3n) is 5.59. The molecule has 1 aliphatic carbocycles. The van der Waals surface area contributed by atoms with Crippen molar-refractivity contribution in [3.63, 3.8) is 0 Å². The van der Waals surface area contributed by atoms with E-state index >= 15 is 0 Å². The van der Waals surface area contributed by atoms with Crippen molar-refractivity contribution in [2.24, 2.45) is 10.4 Å². The van der Waals surface area contributed by atoms with Gasteiger partial charge in [-0.1, -0.05) is 24.6 Å². The molecule has 0 radical (unpaired) electrons. The fourth-order valence-electron chi connectivity index (χ4n) is 3.70. The number of nitrogens with zero attached hydrogens (tertiary/aromatic N) is 3. The lowest BCUT2D eigenvalue weighted by atomic mass is 9.67. The van der Waals surface area contributed by atoms with Crippen LogP contribution in [-0.4, -0.2) is 42.5 Å². The Kier molecular flexibility index (Phi) is 9.42. The van der Waals surface area contributed by atoms with Crippen molar-refractivity contribution >= 4 is 29.9 Å². The summed E-state index contributed by atoms with van der Waals surface area (Å²) in [5.41, 5.74) is 3.60. The third kappa shape index (κ3) is 6.44. The molecule has 0 atom stereocenters. The first kappa shape index (κ1) is 23.7. The van der Waals surface area contributed by atoms with Crippen molar-refractivity contribution in [3.8, 4) is 5.69 Å². The number of halogens is 1. The number of aromatic nitrogens is 2. The van der Waals surface area contributed by atoms with Crippen molar-refractivity contribution in [1.82, 2.24) is 20.4 Å². The number of nitrogens with one attached hydrogen (secondary N) is 2. The molecule has 1 aromatic carbocycles. The minimum atomic E-state index is 0. The van der Waals surface area contributed by atoms with Gasteiger partial charge >= 0.3 is 0 Å². The first-order valence-corrected chi connectivity index (χ1v) is 10.3. The molecule has 1 aromatic heterocycles. The van der Waals surface area contributed by atoms with Crippen LogP contribution in [0, 0.1) is 12.3 Å². The summed E-state index contributed by atoms with van der Waals surface area (Å²) in [4.78, 5) is 4.84. The standard InChI is InChI=1S/C22H33N5O.HI/c1-4-23-21(25-17-22(11-7-12-22)13-15-28-3)24-16-19-8-5-6-9-20(19)27-14-10-18(2)26-27;/h5-6,8-10,14H,4,7,11-13,15-17H2,1-3H3,(H2,23,24,25);1H. The van der Waals surface area contributed by atoms with Crippen molar-refractivity contribution in [2.45, 2.75) is 46.1 Å². The predicted octanol–water partition coefficient (Wildman–Crippen LogP) is 4.06. The minimum Gasteiger partial charge on any atom is -0.385 e. The number of benzene rings is 1. The number of aliphatic imine (C=N–C) groups is 1. The van der Waals surface area contributed by atoms with E-state index in [0.29, 0.717) is 12.0 Å². The number of rotatable bonds is 9. The molecule has 160 valence electrons. The summed E-state index contributed by atoms with van der Waals surface area (Å²) >= 11 is 0. The number of para-hydroxylation sites is 1. The maximum atomic E-state index is 5.31. The molecule has 6 nitrogen and oxygen atoms in total. The van der Waals surface area contributed by atoms with E-state index in [1.807, 2.05) is 29.9 Å². The van der Waals surface area contributed by atoms with Crippen LogP contribution in [0.3, 0.4) is 0 Å². The Balaban J connectivity index is 0.00000300. The van der Waals surface area contributed by atoms with Gasteiger partial charge in [0.2, 0.25) is 0 Å². The van der Waals surface area contributed by atoms with E-state index in [0.717, 1.165) is 49.0 Å². The van der Waals surface area contributed by atoms with E-state index in [9.17, 15) is 0 Å². The summed E-state index contributed by atoms with van der Waals surface area (Å²) in [5, 5.41) is 11.5. The van der Waals surface area contributed by atoms with Crippen LogP contribution in [0.25, 0.3) is 5.69 Å². The maximum Gasteiger partial charge on any atom is 0.191 e. The molecule has 0 amide bonds. The Morgan fingerprint density at radius 1 is 1.24 bits per heavy atom. The van der Waals surface area contributed by atoms with Crippen molar-refractivity contribution in [3.05, 3.63) is 47.8 Å². The van der Waals surface area contributed by atoms with E-state index < -0.39 is 0 Å². The van der Waals surface area contributed by atoms with Crippen LogP contribution in [0.1, 0.15) is 43.9 Å². The van der Waals surface area contributed by atoms with Gasteiger partial charge in [0.1, 0.15) is 0 Å². The second-order valence-corrected chi connectivity index (χ2v) is 7.68. The highest BCUT2D eigenvalue weighted by atomic mass is 127. The molecule has 0 spiro atoms. The number of hydrogen-bond acceptors (Lipinski definition) is 3. The highest BCUT2D eigenvalue weighted by molar-refractivity contribution is 14.0. The summed E-state index contributed by atoms with van der Waals surface area (Å²) in [6.07, 6.45) is 6.96. The second kappa shape index (κ2) is 11.5. The SMILES string of the molecule is CCNC(=NCc1ccccc1-n1ccc(C)n1)NCC1(CCOC)CCC1.I. The first-order valence-electron chi connectivity index (χ1n) is 10.3. The van der Waals surface area contributed by atoms with Crippen LogP contribution >= 0.6 is 24.0 Å². The molecule has 1 heterocycles. The van der Waals surface area contributed by atoms with Gasteiger partial charge in [-0.25, -0.2) is 9.67 Å². The van der Waals surface area contributed by atoms with Crippen LogP contribution in [-0.2, 0) is 11.3 Å². The lowest BCUT2D eigenvalue weighted by Crippen LogP contribution is -2.47. The van der Waals surface area contributed by atoms with Crippen molar-refractivity contribution in [2.75, 3.05) is 26.8 Å². The normalized spacial score (nSPS) is 15.3. The minimum absolute atomic E-state index is 0. The average molecular weight is 511 g/mol. The largest absolute Gasteiger partial charge is 0.385 e. The molecule has 2 N–H and O–H groups in total. The predicted molar refractivity (Wildman–Crippen MR) is 129 cm³/mol. The van der Waals surface area contributed by atoms with Crippen LogP contribution < -0.4 is 10.6 Å². The lowest BCUT2D eigenvalue weighted by molar-refractivity contribution is 0.0732. The zero-order chi connectivity index (χ0) is 19.8. The van der Waals surface area contributed by atoms with E-state index in [2.05, 4.69) is 40.9 Å². The zero-order valence-electron chi connectivity index (χ0n) is 17.8. The van der Waals surface area contributed by atoms with Crippen LogP contribution in [0.4, 0.5) is 0 Å². The molecule has 2 aromatic rings. The van der Waals surface area contributed by atoms with Gasteiger partial charge in [0.05, 0.1) is 17.9 Å². The van der Waals surface area contributed by atoms with Crippen molar-refractivity contribution in [1.29, 1.82) is 0 Å². The van der Waals surface area contributed by atoms with Crippen LogP contribution in [0.15, 0.2) is 41.5 Å². The van der Waals surface area contributed by atoms with Gasteiger partial charge in [0, 0.05) is 33.0 Å². The highest BCUT2D eigenvalue weighted by Gasteiger charge is 2.36. The Labute approximate surface area is 191 Å². The highest BCUT2D eigenvalue weighted by Crippen LogP contribution is 2.43. The van der Waals surface area contributed by atoms with E-state index in [1.165, 1.54) is 19.3 Å². The van der Waals surface area contributed by atoms with Crippen LogP contribution in [0.2, 0.25) is 0 Å². The molecule has 1 fully saturated rings. The Morgan fingerprint density at radius 2 is 2.03 bits per heavy atom. The van der Waals surface area contributed by atoms with E-state index in [4.69, 9.17) is 9.73 Å². The number of methoxy groups -OCH3 is 1. The summed E-state index contributed by atoms with van der Waals surface area (Å²) in [5.74, 6) is 0.873. The molecule has 1 aliphatic rings. The molecular weight excluding hydrogens is 477 g/mol. The Morgan fingerprint density at radius 3 is 2.66 bits per heavy atom. The molecule has 7 heteroatoms. The molecule has 3 rings (SSSR count). The van der Waals surface area contributed by atoms with Gasteiger partial charge in [-0.3, -0.25) is 0 Å². The summed E-state index contributed by atoms with van der Waals surface area (Å²) < 4.78 is 7.23. The fourth-order valence-corrected chi connectivity index (χ4v) is 3.70. The molecule has 1 saturated carbocycles. The van der Waals surface area contributed by atoms with Gasteiger partial charge in [-0.15, -0.1) is 24.0 Å². The quantitative estimate of drug-likeness (QED) is 0.303. The molecule has 29 heavy (non-hydrogen) atoms. The van der Waals surface area contributed by atoms with Gasteiger partial charge < -0.3 is 15.4 Å². The number of aryl methyl sites for hydroxylation is 1. The van der Waals surface area contributed by atoms with E-state index in [-0.39, 0.29) is 24.0 Å². The first-order chi connectivity index (χ1) is 13.7. The van der Waals surface area contributed by atoms with Crippen LogP contribution in [0.5, 0.6) is 0 Å². The zero-order valence-corrected chi connectivity index (χ0v) is 20.1. The molecule has 0 saturated heterocycles. The summed E-state index contributed by atoms with van der Waals surface area (Å²) in [6, 6.07) is 10.3. The number of hydrogen-bond donors (Lipinski definition) is 2. The molecule has 0 unspecified atom stereocenters. The molecular formula is C22H34IN5O. The van der Waals surface area contributed by atoms with Gasteiger partial charge in [-0.2, -0.15) is 5.10 Å². The lowest BCUT2D eigenvalue weighted by Gasteiger charge is -2.42. The molecule has 0 aliphatic heterocycles. The monoisotopic (exact) mass is 511 g/mol. The fraction of sp³-hybridized carbons (Fsp3) is 0.545.